The molecule has 3 N–H and O–H groups in total. The average molecular weight is 338 g/mol. The van der Waals surface area contributed by atoms with Crippen molar-refractivity contribution in [3.05, 3.63) is 48.5 Å². The molecule has 0 saturated heterocycles. The van der Waals surface area contributed by atoms with E-state index in [1.807, 2.05) is 48.5 Å². The Hall–Kier alpha value is -3.15. The van der Waals surface area contributed by atoms with Crippen molar-refractivity contribution in [1.29, 1.82) is 0 Å². The molecule has 1 aromatic heterocycles. The number of fused-ring (bicyclic) bond motifs is 1. The third-order valence-corrected chi connectivity index (χ3v) is 4.07. The second-order valence-electron chi connectivity index (χ2n) is 5.73. The SMILES string of the molecule is COc1ccc(-c2c3ccccc3c(N)n[n+]2CCCC(=O)O)cc1. The fourth-order valence-electron chi connectivity index (χ4n) is 2.88. The van der Waals surface area contributed by atoms with Gasteiger partial charge in [0.2, 0.25) is 5.69 Å². The van der Waals surface area contributed by atoms with Gasteiger partial charge in [-0.2, -0.15) is 0 Å². The number of anilines is 1. The second-order valence-corrected chi connectivity index (χ2v) is 5.73. The number of rotatable bonds is 6. The maximum atomic E-state index is 10.8. The third-order valence-electron chi connectivity index (χ3n) is 4.07. The van der Waals surface area contributed by atoms with Gasteiger partial charge in [0.25, 0.3) is 0 Å². The van der Waals surface area contributed by atoms with Crippen molar-refractivity contribution in [1.82, 2.24) is 5.10 Å². The minimum atomic E-state index is -0.819. The molecule has 1 heterocycles. The van der Waals surface area contributed by atoms with Crippen LogP contribution in [0.2, 0.25) is 0 Å². The van der Waals surface area contributed by atoms with E-state index in [1.165, 1.54) is 0 Å². The van der Waals surface area contributed by atoms with Crippen molar-refractivity contribution < 1.29 is 19.3 Å². The standard InChI is InChI=1S/C19H19N3O3/c1-25-14-10-8-13(9-11-14)18-15-5-2-3-6-16(15)19(20)21-22(18)12-4-7-17(23)24/h2-3,5-6,8-11H,4,7,12H2,1H3,(H2-,20,21,23,24)/p+1. The highest BCUT2D eigenvalue weighted by atomic mass is 16.5. The molecule has 0 aliphatic rings. The number of aryl methyl sites for hydroxylation is 1. The first-order chi connectivity index (χ1) is 12.1. The first kappa shape index (κ1) is 16.7. The lowest BCUT2D eigenvalue weighted by Crippen LogP contribution is -2.41. The third kappa shape index (κ3) is 3.52. The molecule has 0 unspecified atom stereocenters. The Balaban J connectivity index is 2.14. The molecule has 0 aliphatic heterocycles. The molecule has 6 nitrogen and oxygen atoms in total. The molecule has 25 heavy (non-hydrogen) atoms. The van der Waals surface area contributed by atoms with Crippen LogP contribution in [0.4, 0.5) is 5.82 Å². The summed E-state index contributed by atoms with van der Waals surface area (Å²) in [4.78, 5) is 10.8. The van der Waals surface area contributed by atoms with Crippen molar-refractivity contribution in [3.63, 3.8) is 0 Å². The van der Waals surface area contributed by atoms with Crippen LogP contribution in [0, 0.1) is 0 Å². The van der Waals surface area contributed by atoms with E-state index in [4.69, 9.17) is 15.6 Å². The lowest BCUT2D eigenvalue weighted by molar-refractivity contribution is -0.741. The molecule has 0 fully saturated rings. The van der Waals surface area contributed by atoms with E-state index in [9.17, 15) is 4.79 Å². The molecule has 0 aliphatic carbocycles. The number of nitrogens with two attached hydrogens (primary N) is 1. The summed E-state index contributed by atoms with van der Waals surface area (Å²) in [6.45, 7) is 0.475. The zero-order valence-electron chi connectivity index (χ0n) is 14.0. The lowest BCUT2D eigenvalue weighted by Gasteiger charge is -2.08. The Morgan fingerprint density at radius 2 is 1.84 bits per heavy atom. The van der Waals surface area contributed by atoms with Crippen LogP contribution < -0.4 is 15.2 Å². The van der Waals surface area contributed by atoms with Crippen LogP contribution in [0.25, 0.3) is 22.0 Å². The van der Waals surface area contributed by atoms with E-state index in [0.717, 1.165) is 27.8 Å². The molecule has 6 heteroatoms. The molecule has 0 atom stereocenters. The fraction of sp³-hybridized carbons (Fsp3) is 0.211. The molecule has 0 amide bonds. The molecule has 3 aromatic rings. The van der Waals surface area contributed by atoms with Crippen LogP contribution in [-0.2, 0) is 11.3 Å². The number of methoxy groups -OCH3 is 1. The summed E-state index contributed by atoms with van der Waals surface area (Å²) in [6, 6.07) is 15.5. The van der Waals surface area contributed by atoms with Crippen molar-refractivity contribution >= 4 is 22.6 Å². The summed E-state index contributed by atoms with van der Waals surface area (Å²) in [5.74, 6) is 0.387. The minimum absolute atomic E-state index is 0.0868. The molecule has 0 spiro atoms. The largest absolute Gasteiger partial charge is 0.497 e. The van der Waals surface area contributed by atoms with Crippen molar-refractivity contribution in [2.45, 2.75) is 19.4 Å². The number of benzene rings is 2. The normalized spacial score (nSPS) is 10.8. The van der Waals surface area contributed by atoms with Crippen molar-refractivity contribution in [2.24, 2.45) is 0 Å². The molecule has 0 bridgehead atoms. The molecule has 0 radical (unpaired) electrons. The molecule has 128 valence electrons. The molecule has 0 saturated carbocycles. The number of aliphatic carboxylic acids is 1. The van der Waals surface area contributed by atoms with Crippen LogP contribution in [-0.4, -0.2) is 23.3 Å². The topological polar surface area (TPSA) is 89.3 Å². The highest BCUT2D eigenvalue weighted by Crippen LogP contribution is 2.28. The minimum Gasteiger partial charge on any atom is -0.497 e. The van der Waals surface area contributed by atoms with E-state index in [0.29, 0.717) is 18.8 Å². The summed E-state index contributed by atoms with van der Waals surface area (Å²) in [5.41, 5.74) is 8.00. The Morgan fingerprint density at radius 3 is 2.48 bits per heavy atom. The highest BCUT2D eigenvalue weighted by molar-refractivity contribution is 5.98. The predicted octanol–water partition coefficient (Wildman–Crippen LogP) is 2.64. The van der Waals surface area contributed by atoms with E-state index < -0.39 is 5.97 Å². The summed E-state index contributed by atoms with van der Waals surface area (Å²) in [7, 11) is 1.63. The number of carbonyl (C=O) groups is 1. The number of nitrogens with zero attached hydrogens (tertiary/aromatic N) is 2. The quantitative estimate of drug-likeness (QED) is 0.675. The number of aromatic nitrogens is 2. The van der Waals surface area contributed by atoms with E-state index in [1.54, 1.807) is 11.8 Å². The zero-order valence-corrected chi connectivity index (χ0v) is 14.0. The highest BCUT2D eigenvalue weighted by Gasteiger charge is 2.22. The lowest BCUT2D eigenvalue weighted by atomic mass is 10.0. The number of hydrogen-bond donors (Lipinski definition) is 2. The Morgan fingerprint density at radius 1 is 1.16 bits per heavy atom. The van der Waals surface area contributed by atoms with Gasteiger partial charge in [-0.15, -0.1) is 0 Å². The van der Waals surface area contributed by atoms with Gasteiger partial charge in [-0.25, -0.2) is 0 Å². The van der Waals surface area contributed by atoms with Crippen molar-refractivity contribution in [2.75, 3.05) is 12.8 Å². The summed E-state index contributed by atoms with van der Waals surface area (Å²) in [5, 5.41) is 15.2. The molecule has 2 aromatic carbocycles. The summed E-state index contributed by atoms with van der Waals surface area (Å²) >= 11 is 0. The average Bonchev–Trinajstić information content (AvgIpc) is 2.62. The fourth-order valence-corrected chi connectivity index (χ4v) is 2.88. The van der Waals surface area contributed by atoms with Gasteiger partial charge in [0, 0.05) is 22.5 Å². The number of carboxylic acid groups (broad SMARTS) is 1. The first-order valence-electron chi connectivity index (χ1n) is 8.04. The number of nitrogen functional groups attached to an aromatic ring is 1. The van der Waals surface area contributed by atoms with Gasteiger partial charge < -0.3 is 15.6 Å². The Labute approximate surface area is 145 Å². The van der Waals surface area contributed by atoms with Crippen LogP contribution in [0.3, 0.4) is 0 Å². The number of hydrogen-bond acceptors (Lipinski definition) is 4. The van der Waals surface area contributed by atoms with Gasteiger partial charge >= 0.3 is 5.97 Å². The Kier molecular flexibility index (Phi) is 4.79. The number of carboxylic acids is 1. The van der Waals surface area contributed by atoms with Crippen LogP contribution >= 0.6 is 0 Å². The van der Waals surface area contributed by atoms with Gasteiger partial charge in [0.05, 0.1) is 18.9 Å². The smallest absolute Gasteiger partial charge is 0.303 e. The molecular formula is C19H20N3O3+. The van der Waals surface area contributed by atoms with Gasteiger partial charge in [0.1, 0.15) is 5.75 Å². The van der Waals surface area contributed by atoms with Gasteiger partial charge in [-0.1, -0.05) is 22.9 Å². The number of ether oxygens (including phenoxy) is 1. The summed E-state index contributed by atoms with van der Waals surface area (Å²) in [6.07, 6.45) is 0.567. The predicted molar refractivity (Wildman–Crippen MR) is 95.2 cm³/mol. The summed E-state index contributed by atoms with van der Waals surface area (Å²) < 4.78 is 7.02. The van der Waals surface area contributed by atoms with Crippen LogP contribution in [0.5, 0.6) is 5.75 Å². The van der Waals surface area contributed by atoms with E-state index in [-0.39, 0.29) is 6.42 Å². The molecule has 3 rings (SSSR count). The van der Waals surface area contributed by atoms with Gasteiger partial charge in [-0.3, -0.25) is 4.79 Å². The van der Waals surface area contributed by atoms with Gasteiger partial charge in [-0.05, 0) is 30.3 Å². The van der Waals surface area contributed by atoms with E-state index >= 15 is 0 Å². The first-order valence-corrected chi connectivity index (χ1v) is 8.04. The van der Waals surface area contributed by atoms with E-state index in [2.05, 4.69) is 5.10 Å². The second kappa shape index (κ2) is 7.17. The maximum absolute atomic E-state index is 10.8. The zero-order chi connectivity index (χ0) is 17.8. The monoisotopic (exact) mass is 338 g/mol. The van der Waals surface area contributed by atoms with Crippen LogP contribution in [0.1, 0.15) is 12.8 Å². The maximum Gasteiger partial charge on any atom is 0.303 e. The Bertz CT molecular complexity index is 908. The van der Waals surface area contributed by atoms with Crippen LogP contribution in [0.15, 0.2) is 48.5 Å². The van der Waals surface area contributed by atoms with Gasteiger partial charge in [0.15, 0.2) is 12.4 Å². The molecular weight excluding hydrogens is 318 g/mol. The van der Waals surface area contributed by atoms with Crippen molar-refractivity contribution in [3.8, 4) is 17.0 Å².